The van der Waals surface area contributed by atoms with E-state index in [0.29, 0.717) is 15.0 Å². The largest absolute Gasteiger partial charge is 0.496 e. The number of hydrogen-bond donors (Lipinski definition) is 2. The van der Waals surface area contributed by atoms with Crippen molar-refractivity contribution < 1.29 is 19.1 Å². The predicted molar refractivity (Wildman–Crippen MR) is 144 cm³/mol. The number of ether oxygens (including phenoxy) is 1. The summed E-state index contributed by atoms with van der Waals surface area (Å²) in [6, 6.07) is 15.1. The third kappa shape index (κ3) is 6.40. The maximum Gasteiger partial charge on any atom is 0.266 e. The van der Waals surface area contributed by atoms with Crippen LogP contribution < -0.4 is 15.6 Å². The van der Waals surface area contributed by atoms with Crippen molar-refractivity contribution >= 4 is 85.4 Å². The third-order valence-electron chi connectivity index (χ3n) is 4.80. The summed E-state index contributed by atoms with van der Waals surface area (Å²) >= 11 is 9.31. The Hall–Kier alpha value is -2.93. The summed E-state index contributed by atoms with van der Waals surface area (Å²) in [5, 5.41) is 0. The molecule has 35 heavy (non-hydrogen) atoms. The van der Waals surface area contributed by atoms with Gasteiger partial charge in [0.2, 0.25) is 11.8 Å². The number of rotatable bonds is 8. The summed E-state index contributed by atoms with van der Waals surface area (Å²) in [6.45, 7) is 0.107. The quantitative estimate of drug-likeness (QED) is 0.191. The molecule has 180 valence electrons. The van der Waals surface area contributed by atoms with Gasteiger partial charge in [0, 0.05) is 18.5 Å². The Morgan fingerprint density at radius 2 is 1.89 bits per heavy atom. The Morgan fingerprint density at radius 1 is 1.14 bits per heavy atom. The highest BCUT2D eigenvalue weighted by atomic mass is 32.2. The number of nitrogens with zero attached hydrogens (tertiary/aromatic N) is 2. The number of thiazole rings is 1. The Bertz CT molecular complexity index is 1290. The van der Waals surface area contributed by atoms with Crippen LogP contribution in [0.25, 0.3) is 16.3 Å². The minimum atomic E-state index is -0.425. The lowest BCUT2D eigenvalue weighted by atomic mass is 10.2. The molecule has 0 spiro atoms. The van der Waals surface area contributed by atoms with E-state index in [9.17, 15) is 14.4 Å². The normalized spacial score (nSPS) is 14.5. The van der Waals surface area contributed by atoms with Crippen LogP contribution in [0.1, 0.15) is 12.0 Å². The third-order valence-corrected chi connectivity index (χ3v) is 8.36. The van der Waals surface area contributed by atoms with E-state index in [-0.39, 0.29) is 30.5 Å². The summed E-state index contributed by atoms with van der Waals surface area (Å²) < 4.78 is 7.53. The lowest BCUT2D eigenvalue weighted by Gasteiger charge is -2.14. The first-order valence-electron chi connectivity index (χ1n) is 10.4. The number of nitrogens with one attached hydrogen (secondary N) is 2. The molecule has 2 heterocycles. The summed E-state index contributed by atoms with van der Waals surface area (Å²) in [7, 11) is 1.56. The fourth-order valence-corrected chi connectivity index (χ4v) is 6.28. The van der Waals surface area contributed by atoms with Crippen molar-refractivity contribution in [2.75, 3.05) is 19.4 Å². The molecule has 1 aliphatic rings. The summed E-state index contributed by atoms with van der Waals surface area (Å²) in [4.78, 5) is 43.4. The highest BCUT2D eigenvalue weighted by molar-refractivity contribution is 8.26. The summed E-state index contributed by atoms with van der Waals surface area (Å²) in [5.74, 6) is -0.286. The average Bonchev–Trinajstić information content (AvgIpc) is 3.40. The molecule has 1 fully saturated rings. The molecule has 3 amide bonds. The zero-order valence-corrected chi connectivity index (χ0v) is 21.7. The van der Waals surface area contributed by atoms with Crippen molar-refractivity contribution in [3.8, 4) is 5.75 Å². The van der Waals surface area contributed by atoms with Crippen LogP contribution in [0, 0.1) is 0 Å². The average molecular weight is 545 g/mol. The van der Waals surface area contributed by atoms with Crippen LogP contribution in [-0.4, -0.2) is 51.3 Å². The molecular formula is C23H20N4O4S4. The fraction of sp³-hybridized carbons (Fsp3) is 0.174. The second-order valence-corrected chi connectivity index (χ2v) is 11.1. The smallest absolute Gasteiger partial charge is 0.266 e. The molecule has 0 atom stereocenters. The molecule has 1 aromatic heterocycles. The number of carbonyl (C=O) groups excluding carboxylic acids is 3. The zero-order chi connectivity index (χ0) is 24.8. The van der Waals surface area contributed by atoms with Crippen molar-refractivity contribution in [1.29, 1.82) is 0 Å². The van der Waals surface area contributed by atoms with Gasteiger partial charge < -0.3 is 4.74 Å². The number of thioether (sulfide) groups is 2. The number of thiocarbonyl (C=S) groups is 1. The van der Waals surface area contributed by atoms with Gasteiger partial charge in [-0.3, -0.25) is 30.1 Å². The zero-order valence-electron chi connectivity index (χ0n) is 18.5. The predicted octanol–water partition coefficient (Wildman–Crippen LogP) is 3.84. The van der Waals surface area contributed by atoms with Gasteiger partial charge in [-0.15, -0.1) is 11.3 Å². The second-order valence-electron chi connectivity index (χ2n) is 7.16. The van der Waals surface area contributed by atoms with Crippen molar-refractivity contribution in [3.63, 3.8) is 0 Å². The number of para-hydroxylation sites is 2. The molecule has 12 heteroatoms. The molecule has 4 rings (SSSR count). The molecular weight excluding hydrogens is 525 g/mol. The van der Waals surface area contributed by atoms with Crippen LogP contribution in [0.3, 0.4) is 0 Å². The van der Waals surface area contributed by atoms with Crippen LogP contribution >= 0.6 is 47.1 Å². The van der Waals surface area contributed by atoms with Gasteiger partial charge >= 0.3 is 0 Å². The van der Waals surface area contributed by atoms with Crippen LogP contribution in [0.2, 0.25) is 0 Å². The van der Waals surface area contributed by atoms with Gasteiger partial charge in [0.15, 0.2) is 4.34 Å². The van der Waals surface area contributed by atoms with E-state index in [1.54, 1.807) is 13.2 Å². The van der Waals surface area contributed by atoms with Gasteiger partial charge in [-0.2, -0.15) is 0 Å². The van der Waals surface area contributed by atoms with E-state index in [1.165, 1.54) is 39.8 Å². The minimum absolute atomic E-state index is 0.0142. The Kier molecular flexibility index (Phi) is 8.39. The molecule has 2 aromatic carbocycles. The Balaban J connectivity index is 1.23. The molecule has 0 radical (unpaired) electrons. The van der Waals surface area contributed by atoms with E-state index in [2.05, 4.69) is 15.8 Å². The number of fused-ring (bicyclic) bond motifs is 1. The topological polar surface area (TPSA) is 101 Å². The molecule has 8 nitrogen and oxygen atoms in total. The maximum absolute atomic E-state index is 12.8. The second kappa shape index (κ2) is 11.7. The van der Waals surface area contributed by atoms with Crippen molar-refractivity contribution in [3.05, 3.63) is 59.0 Å². The first-order valence-corrected chi connectivity index (χ1v) is 13.4. The number of amides is 3. The Labute approximate surface area is 219 Å². The van der Waals surface area contributed by atoms with Gasteiger partial charge in [0.05, 0.1) is 28.0 Å². The van der Waals surface area contributed by atoms with Crippen LogP contribution in [0.15, 0.2) is 57.8 Å². The summed E-state index contributed by atoms with van der Waals surface area (Å²) in [6.07, 6.45) is 1.71. The van der Waals surface area contributed by atoms with Crippen molar-refractivity contribution in [1.82, 2.24) is 20.7 Å². The van der Waals surface area contributed by atoms with E-state index in [1.807, 2.05) is 48.5 Å². The molecule has 1 aliphatic heterocycles. The molecule has 2 N–H and O–H groups in total. The van der Waals surface area contributed by atoms with E-state index < -0.39 is 5.91 Å². The van der Waals surface area contributed by atoms with Crippen LogP contribution in [0.4, 0.5) is 0 Å². The molecule has 1 saturated heterocycles. The van der Waals surface area contributed by atoms with Gasteiger partial charge in [-0.1, -0.05) is 66.1 Å². The molecule has 0 bridgehead atoms. The standard InChI is InChI=1S/C23H20N4O4S4/c1-31-16-8-4-2-6-14(16)12-18-21(30)27(23(32)35-18)11-10-19(28)25-26-20(29)13-33-22-24-15-7-3-5-9-17(15)34-22/h2-9,12H,10-11,13H2,1H3,(H,25,28)(H,26,29)/b18-12-. The van der Waals surface area contributed by atoms with Crippen LogP contribution in [-0.2, 0) is 14.4 Å². The molecule has 3 aromatic rings. The number of benzene rings is 2. The molecule has 0 saturated carbocycles. The number of methoxy groups -OCH3 is 1. The van der Waals surface area contributed by atoms with Gasteiger partial charge in [-0.25, -0.2) is 4.98 Å². The van der Waals surface area contributed by atoms with E-state index in [0.717, 1.165) is 20.1 Å². The number of aromatic nitrogens is 1. The van der Waals surface area contributed by atoms with E-state index in [4.69, 9.17) is 17.0 Å². The first kappa shape index (κ1) is 25.2. The number of hydrazine groups is 1. The van der Waals surface area contributed by atoms with Gasteiger partial charge in [-0.05, 0) is 24.3 Å². The molecule has 0 unspecified atom stereocenters. The maximum atomic E-state index is 12.8. The minimum Gasteiger partial charge on any atom is -0.496 e. The van der Waals surface area contributed by atoms with Gasteiger partial charge in [0.1, 0.15) is 10.1 Å². The molecule has 0 aliphatic carbocycles. The Morgan fingerprint density at radius 3 is 2.69 bits per heavy atom. The monoisotopic (exact) mass is 544 g/mol. The van der Waals surface area contributed by atoms with Crippen LogP contribution in [0.5, 0.6) is 5.75 Å². The number of carbonyl (C=O) groups is 3. The SMILES string of the molecule is COc1ccccc1/C=C1\SC(=S)N(CCC(=O)NNC(=O)CSc2nc3ccccc3s2)C1=O. The van der Waals surface area contributed by atoms with E-state index >= 15 is 0 Å². The lowest BCUT2D eigenvalue weighted by molar-refractivity contribution is -0.128. The van der Waals surface area contributed by atoms with Crippen molar-refractivity contribution in [2.24, 2.45) is 0 Å². The van der Waals surface area contributed by atoms with Crippen molar-refractivity contribution in [2.45, 2.75) is 10.8 Å². The summed E-state index contributed by atoms with van der Waals surface area (Å²) in [5.41, 5.74) is 6.42. The highest BCUT2D eigenvalue weighted by Crippen LogP contribution is 2.34. The fourth-order valence-electron chi connectivity index (χ4n) is 3.11. The first-order chi connectivity index (χ1) is 16.9. The highest BCUT2D eigenvalue weighted by Gasteiger charge is 2.32. The van der Waals surface area contributed by atoms with Gasteiger partial charge in [0.25, 0.3) is 5.91 Å². The number of hydrogen-bond acceptors (Lipinski definition) is 9. The lowest BCUT2D eigenvalue weighted by Crippen LogP contribution is -2.43.